The first-order valence-electron chi connectivity index (χ1n) is 7.46. The third-order valence-corrected chi connectivity index (χ3v) is 5.55. The van der Waals surface area contributed by atoms with Crippen LogP contribution >= 0.6 is 0 Å². The highest BCUT2D eigenvalue weighted by Gasteiger charge is 2.32. The summed E-state index contributed by atoms with van der Waals surface area (Å²) in [6.07, 6.45) is 0.383. The molecule has 0 radical (unpaired) electrons. The smallest absolute Gasteiger partial charge is 0.103 e. The largest absolute Gasteiger partial charge is 0.356 e. The number of nitrogens with zero attached hydrogens (tertiary/aromatic N) is 2. The normalized spacial score (nSPS) is 19.4. The molecule has 0 fully saturated rings. The topological polar surface area (TPSA) is 6.48 Å². The van der Waals surface area contributed by atoms with E-state index >= 15 is 0 Å². The van der Waals surface area contributed by atoms with E-state index in [4.69, 9.17) is 0 Å². The molecule has 0 aliphatic carbocycles. The maximum absolute atomic E-state index is 2.50. The number of hydrogen-bond donors (Lipinski definition) is 0. The predicted molar refractivity (Wildman–Crippen MR) is 88.2 cm³/mol. The van der Waals surface area contributed by atoms with Crippen molar-refractivity contribution in [1.82, 2.24) is 4.90 Å². The van der Waals surface area contributed by atoms with Crippen LogP contribution < -0.4 is 4.90 Å². The van der Waals surface area contributed by atoms with Crippen LogP contribution in [0.25, 0.3) is 0 Å². The molecular formula is C18H28N2. The van der Waals surface area contributed by atoms with Crippen LogP contribution in [0, 0.1) is 34.6 Å². The Hall–Kier alpha value is -1.44. The second-order valence-electron chi connectivity index (χ2n) is 6.26. The minimum atomic E-state index is 0.383. The third kappa shape index (κ3) is 1.85. The van der Waals surface area contributed by atoms with Crippen LogP contribution in [0.1, 0.15) is 48.6 Å². The summed E-state index contributed by atoms with van der Waals surface area (Å²) >= 11 is 0. The molecule has 0 saturated heterocycles. The lowest BCUT2D eigenvalue weighted by Gasteiger charge is -2.33. The Morgan fingerprint density at radius 1 is 0.650 bits per heavy atom. The zero-order valence-corrected chi connectivity index (χ0v) is 14.5. The molecule has 0 unspecified atom stereocenters. The average Bonchev–Trinajstić information content (AvgIpc) is 2.61. The van der Waals surface area contributed by atoms with Crippen LogP contribution in [-0.2, 0) is 0 Å². The Bertz CT molecular complexity index is 567. The van der Waals surface area contributed by atoms with Crippen molar-refractivity contribution in [2.45, 2.75) is 61.6 Å². The van der Waals surface area contributed by atoms with Gasteiger partial charge < -0.3 is 9.80 Å². The zero-order chi connectivity index (χ0) is 15.4. The van der Waals surface area contributed by atoms with E-state index < -0.39 is 0 Å². The fourth-order valence-corrected chi connectivity index (χ4v) is 3.36. The Labute approximate surface area is 124 Å². The lowest BCUT2D eigenvalue weighted by Crippen LogP contribution is -2.36. The van der Waals surface area contributed by atoms with Gasteiger partial charge in [0.2, 0.25) is 0 Å². The lowest BCUT2D eigenvalue weighted by atomic mass is 9.92. The fourth-order valence-electron chi connectivity index (χ4n) is 3.36. The molecule has 20 heavy (non-hydrogen) atoms. The van der Waals surface area contributed by atoms with E-state index in [0.29, 0.717) is 6.17 Å². The Kier molecular flexibility index (Phi) is 3.62. The van der Waals surface area contributed by atoms with Crippen molar-refractivity contribution >= 4 is 5.69 Å². The van der Waals surface area contributed by atoms with Gasteiger partial charge in [-0.2, -0.15) is 0 Å². The fraction of sp³-hybridized carbons (Fsp3) is 0.556. The number of benzene rings is 1. The van der Waals surface area contributed by atoms with Gasteiger partial charge in [-0.15, -0.1) is 0 Å². The second-order valence-corrected chi connectivity index (χ2v) is 6.26. The van der Waals surface area contributed by atoms with Crippen molar-refractivity contribution in [3.63, 3.8) is 0 Å². The molecule has 1 heterocycles. The van der Waals surface area contributed by atoms with Crippen LogP contribution in [0.15, 0.2) is 11.4 Å². The highest BCUT2D eigenvalue weighted by molar-refractivity contribution is 5.70. The molecule has 0 amide bonds. The molecule has 1 aliphatic heterocycles. The summed E-state index contributed by atoms with van der Waals surface area (Å²) in [5, 5.41) is 0. The van der Waals surface area contributed by atoms with E-state index in [1.54, 1.807) is 0 Å². The van der Waals surface area contributed by atoms with Gasteiger partial charge in [-0.25, -0.2) is 0 Å². The van der Waals surface area contributed by atoms with E-state index in [9.17, 15) is 0 Å². The van der Waals surface area contributed by atoms with E-state index in [1.807, 2.05) is 0 Å². The summed E-state index contributed by atoms with van der Waals surface area (Å²) in [6, 6.07) is 0. The lowest BCUT2D eigenvalue weighted by molar-refractivity contribution is 0.357. The van der Waals surface area contributed by atoms with E-state index in [2.05, 4.69) is 72.2 Å². The quantitative estimate of drug-likeness (QED) is 0.738. The number of hydrogen-bond acceptors (Lipinski definition) is 2. The minimum Gasteiger partial charge on any atom is -0.356 e. The van der Waals surface area contributed by atoms with Crippen molar-refractivity contribution in [3.05, 3.63) is 39.2 Å². The van der Waals surface area contributed by atoms with Gasteiger partial charge in [0, 0.05) is 24.1 Å². The maximum Gasteiger partial charge on any atom is 0.103 e. The first kappa shape index (κ1) is 15.0. The van der Waals surface area contributed by atoms with Gasteiger partial charge in [-0.3, -0.25) is 0 Å². The maximum atomic E-state index is 2.50. The summed E-state index contributed by atoms with van der Waals surface area (Å²) < 4.78 is 0. The molecule has 0 saturated carbocycles. The summed E-state index contributed by atoms with van der Waals surface area (Å²) in [5.41, 5.74) is 11.3. The Balaban J connectivity index is 2.72. The van der Waals surface area contributed by atoms with E-state index in [-0.39, 0.29) is 0 Å². The summed E-state index contributed by atoms with van der Waals surface area (Å²) in [5.74, 6) is 0. The van der Waals surface area contributed by atoms with Crippen LogP contribution in [0.4, 0.5) is 5.69 Å². The molecule has 2 nitrogen and oxygen atoms in total. The highest BCUT2D eigenvalue weighted by Crippen LogP contribution is 2.40. The zero-order valence-electron chi connectivity index (χ0n) is 14.5. The predicted octanol–water partition coefficient (Wildman–Crippen LogP) is 4.58. The molecule has 2 rings (SSSR count). The standard InChI is InChI=1S/C18H28N2/c1-10-11(2)13(4)18(14(5)12(10)3)20-16(7)15(6)19(9)17(20)8/h17H,1-9H3/t17-/m1/s1. The molecule has 1 atom stereocenters. The van der Waals surface area contributed by atoms with Crippen LogP contribution in [-0.4, -0.2) is 18.1 Å². The van der Waals surface area contributed by atoms with E-state index in [1.165, 1.54) is 44.9 Å². The van der Waals surface area contributed by atoms with Crippen molar-refractivity contribution in [2.24, 2.45) is 0 Å². The van der Waals surface area contributed by atoms with Gasteiger partial charge in [0.25, 0.3) is 0 Å². The van der Waals surface area contributed by atoms with Crippen molar-refractivity contribution in [3.8, 4) is 0 Å². The van der Waals surface area contributed by atoms with Crippen molar-refractivity contribution < 1.29 is 0 Å². The molecule has 0 spiro atoms. The van der Waals surface area contributed by atoms with Gasteiger partial charge >= 0.3 is 0 Å². The van der Waals surface area contributed by atoms with Gasteiger partial charge in [0.15, 0.2) is 0 Å². The highest BCUT2D eigenvalue weighted by atomic mass is 15.4. The third-order valence-electron chi connectivity index (χ3n) is 5.55. The summed E-state index contributed by atoms with van der Waals surface area (Å²) in [4.78, 5) is 4.86. The number of anilines is 1. The SMILES string of the molecule is CC1=C(C)N(c2c(C)c(C)c(C)c(C)c2C)[C@H](C)N1C. The number of rotatable bonds is 1. The number of allylic oxidation sites excluding steroid dienone is 2. The second kappa shape index (κ2) is 4.83. The Morgan fingerprint density at radius 3 is 1.40 bits per heavy atom. The van der Waals surface area contributed by atoms with Gasteiger partial charge in [0.05, 0.1) is 0 Å². The first-order valence-corrected chi connectivity index (χ1v) is 7.46. The van der Waals surface area contributed by atoms with Crippen LogP contribution in [0.3, 0.4) is 0 Å². The molecule has 110 valence electrons. The van der Waals surface area contributed by atoms with Crippen molar-refractivity contribution in [2.75, 3.05) is 11.9 Å². The molecule has 0 bridgehead atoms. The van der Waals surface area contributed by atoms with Gasteiger partial charge in [-0.1, -0.05) is 0 Å². The van der Waals surface area contributed by atoms with Gasteiger partial charge in [0.1, 0.15) is 6.17 Å². The molecular weight excluding hydrogens is 244 g/mol. The molecule has 1 aliphatic rings. The molecule has 0 aromatic heterocycles. The summed E-state index contributed by atoms with van der Waals surface area (Å²) in [7, 11) is 2.18. The first-order chi connectivity index (χ1) is 9.20. The monoisotopic (exact) mass is 272 g/mol. The molecule has 1 aromatic rings. The molecule has 2 heteroatoms. The average molecular weight is 272 g/mol. The minimum absolute atomic E-state index is 0.383. The van der Waals surface area contributed by atoms with Gasteiger partial charge in [-0.05, 0) is 83.2 Å². The van der Waals surface area contributed by atoms with Crippen LogP contribution in [0.2, 0.25) is 0 Å². The van der Waals surface area contributed by atoms with Crippen molar-refractivity contribution in [1.29, 1.82) is 0 Å². The van der Waals surface area contributed by atoms with E-state index in [0.717, 1.165) is 0 Å². The van der Waals surface area contributed by atoms with Crippen LogP contribution in [0.5, 0.6) is 0 Å². The molecule has 1 aromatic carbocycles. The summed E-state index contributed by atoms with van der Waals surface area (Å²) in [6.45, 7) is 18.0. The molecule has 0 N–H and O–H groups in total. The Morgan fingerprint density at radius 2 is 1.05 bits per heavy atom.